The fourth-order valence-electron chi connectivity index (χ4n) is 8.80. The van der Waals surface area contributed by atoms with Crippen LogP contribution in [0.5, 0.6) is 0 Å². The SMILES string of the molecule is CCCCCCCCCCCCCCCCCCCCCC(=O)O[C@H](COC(=O)CCCCCCCCCCC)COC(=O)CCCCCCCCCCCCCCCCCCC. The standard InChI is InChI=1S/C57H110O6/c1-4-7-10-13-16-19-21-23-25-27-28-30-32-34-36-39-42-45-48-51-57(60)63-54(52-61-55(58)49-46-43-40-37-18-15-12-9-6-3)53-62-56(59)50-47-44-41-38-35-33-31-29-26-24-22-20-17-14-11-8-5-2/h54H,4-53H2,1-3H3/t54-/m1/s1. The molecule has 0 aromatic rings. The zero-order valence-electron chi connectivity index (χ0n) is 42.9. The van der Waals surface area contributed by atoms with Crippen LogP contribution in [0.4, 0.5) is 0 Å². The minimum atomic E-state index is -0.760. The van der Waals surface area contributed by atoms with Gasteiger partial charge < -0.3 is 14.2 Å². The number of esters is 3. The number of unbranched alkanes of at least 4 members (excludes halogenated alkanes) is 42. The van der Waals surface area contributed by atoms with Gasteiger partial charge in [-0.2, -0.15) is 0 Å². The Morgan fingerprint density at radius 1 is 0.254 bits per heavy atom. The molecule has 0 spiro atoms. The molecule has 374 valence electrons. The second-order valence-electron chi connectivity index (χ2n) is 19.6. The van der Waals surface area contributed by atoms with Gasteiger partial charge in [0.15, 0.2) is 6.10 Å². The van der Waals surface area contributed by atoms with Crippen LogP contribution in [0.15, 0.2) is 0 Å². The van der Waals surface area contributed by atoms with Gasteiger partial charge in [-0.15, -0.1) is 0 Å². The van der Waals surface area contributed by atoms with Crippen molar-refractivity contribution in [2.45, 2.75) is 335 Å². The Bertz CT molecular complexity index is 936. The number of ether oxygens (including phenoxy) is 3. The highest BCUT2D eigenvalue weighted by atomic mass is 16.6. The van der Waals surface area contributed by atoms with Gasteiger partial charge in [-0.05, 0) is 19.3 Å². The molecule has 0 rings (SSSR count). The summed E-state index contributed by atoms with van der Waals surface area (Å²) in [6, 6.07) is 0. The largest absolute Gasteiger partial charge is 0.462 e. The number of carbonyl (C=O) groups excluding carboxylic acids is 3. The second kappa shape index (κ2) is 53.0. The molecule has 0 N–H and O–H groups in total. The Balaban J connectivity index is 4.20. The molecule has 0 aliphatic carbocycles. The van der Waals surface area contributed by atoms with Crippen LogP contribution in [-0.2, 0) is 28.6 Å². The Morgan fingerprint density at radius 3 is 0.635 bits per heavy atom. The monoisotopic (exact) mass is 891 g/mol. The molecule has 0 aliphatic heterocycles. The molecule has 0 aromatic carbocycles. The molecule has 0 unspecified atom stereocenters. The molecule has 6 heteroatoms. The van der Waals surface area contributed by atoms with E-state index in [0.717, 1.165) is 57.8 Å². The van der Waals surface area contributed by atoms with E-state index >= 15 is 0 Å². The molecule has 63 heavy (non-hydrogen) atoms. The summed E-state index contributed by atoms with van der Waals surface area (Å²) >= 11 is 0. The average Bonchev–Trinajstić information content (AvgIpc) is 3.28. The summed E-state index contributed by atoms with van der Waals surface area (Å²) < 4.78 is 16.8. The fourth-order valence-corrected chi connectivity index (χ4v) is 8.80. The minimum absolute atomic E-state index is 0.0615. The van der Waals surface area contributed by atoms with E-state index < -0.39 is 6.10 Å². The molecule has 0 saturated heterocycles. The first-order valence-electron chi connectivity index (χ1n) is 28.5. The van der Waals surface area contributed by atoms with Gasteiger partial charge in [-0.3, -0.25) is 14.4 Å². The molecule has 0 aliphatic rings. The van der Waals surface area contributed by atoms with Gasteiger partial charge in [0, 0.05) is 19.3 Å². The number of hydrogen-bond acceptors (Lipinski definition) is 6. The first kappa shape index (κ1) is 61.4. The van der Waals surface area contributed by atoms with Crippen LogP contribution in [0.3, 0.4) is 0 Å². The summed E-state index contributed by atoms with van der Waals surface area (Å²) in [4.78, 5) is 38.0. The lowest BCUT2D eigenvalue weighted by molar-refractivity contribution is -0.167. The van der Waals surface area contributed by atoms with Crippen LogP contribution in [0.1, 0.15) is 329 Å². The van der Waals surface area contributed by atoms with Crippen LogP contribution in [0.25, 0.3) is 0 Å². The highest BCUT2D eigenvalue weighted by Crippen LogP contribution is 2.18. The zero-order valence-corrected chi connectivity index (χ0v) is 42.9. The Hall–Kier alpha value is -1.59. The van der Waals surface area contributed by atoms with Crippen molar-refractivity contribution in [1.82, 2.24) is 0 Å². The molecule has 0 bridgehead atoms. The predicted octanol–water partition coefficient (Wildman–Crippen LogP) is 18.8. The van der Waals surface area contributed by atoms with Crippen molar-refractivity contribution in [2.75, 3.05) is 13.2 Å². The smallest absolute Gasteiger partial charge is 0.306 e. The van der Waals surface area contributed by atoms with Crippen LogP contribution in [0, 0.1) is 0 Å². The van der Waals surface area contributed by atoms with E-state index in [1.807, 2.05) is 0 Å². The molecule has 1 atom stereocenters. The Kier molecular flexibility index (Phi) is 51.7. The van der Waals surface area contributed by atoms with Gasteiger partial charge in [0.25, 0.3) is 0 Å². The van der Waals surface area contributed by atoms with Crippen molar-refractivity contribution in [3.05, 3.63) is 0 Å². The maximum absolute atomic E-state index is 12.8. The summed E-state index contributed by atoms with van der Waals surface area (Å²) in [5, 5.41) is 0. The van der Waals surface area contributed by atoms with Crippen molar-refractivity contribution in [2.24, 2.45) is 0 Å². The van der Waals surface area contributed by atoms with Crippen molar-refractivity contribution < 1.29 is 28.6 Å². The quantitative estimate of drug-likeness (QED) is 0.0344. The molecule has 0 heterocycles. The third kappa shape index (κ3) is 51.3. The van der Waals surface area contributed by atoms with E-state index in [0.29, 0.717) is 19.3 Å². The topological polar surface area (TPSA) is 78.9 Å². The number of carbonyl (C=O) groups is 3. The number of rotatable bonds is 53. The Labute approximate surface area is 393 Å². The van der Waals surface area contributed by atoms with Crippen molar-refractivity contribution in [3.8, 4) is 0 Å². The van der Waals surface area contributed by atoms with E-state index in [4.69, 9.17) is 14.2 Å². The molecule has 0 amide bonds. The summed E-state index contributed by atoms with van der Waals surface area (Å²) in [5.41, 5.74) is 0. The highest BCUT2D eigenvalue weighted by molar-refractivity contribution is 5.71. The van der Waals surface area contributed by atoms with E-state index in [1.54, 1.807) is 0 Å². The van der Waals surface area contributed by atoms with Gasteiger partial charge in [0.1, 0.15) is 13.2 Å². The van der Waals surface area contributed by atoms with Crippen LogP contribution in [0.2, 0.25) is 0 Å². The van der Waals surface area contributed by atoms with E-state index in [-0.39, 0.29) is 31.1 Å². The Morgan fingerprint density at radius 2 is 0.429 bits per heavy atom. The third-order valence-corrected chi connectivity index (χ3v) is 13.1. The van der Waals surface area contributed by atoms with Crippen LogP contribution < -0.4 is 0 Å². The predicted molar refractivity (Wildman–Crippen MR) is 270 cm³/mol. The lowest BCUT2D eigenvalue weighted by atomic mass is 10.0. The molecule has 0 saturated carbocycles. The van der Waals surface area contributed by atoms with E-state index in [2.05, 4.69) is 20.8 Å². The summed E-state index contributed by atoms with van der Waals surface area (Å²) in [5.74, 6) is -0.837. The number of hydrogen-bond donors (Lipinski definition) is 0. The summed E-state index contributed by atoms with van der Waals surface area (Å²) in [7, 11) is 0. The van der Waals surface area contributed by atoms with Gasteiger partial charge in [0.2, 0.25) is 0 Å². The summed E-state index contributed by atoms with van der Waals surface area (Å²) in [6.45, 7) is 6.69. The maximum Gasteiger partial charge on any atom is 0.306 e. The normalized spacial score (nSPS) is 11.9. The molecular weight excluding hydrogens is 781 g/mol. The average molecular weight is 892 g/mol. The van der Waals surface area contributed by atoms with Gasteiger partial charge in [-0.25, -0.2) is 0 Å². The molecule has 0 fully saturated rings. The fraction of sp³-hybridized carbons (Fsp3) is 0.947. The van der Waals surface area contributed by atoms with Crippen LogP contribution >= 0.6 is 0 Å². The molecular formula is C57H110O6. The van der Waals surface area contributed by atoms with Gasteiger partial charge in [0.05, 0.1) is 0 Å². The zero-order chi connectivity index (χ0) is 45.8. The first-order valence-corrected chi connectivity index (χ1v) is 28.5. The van der Waals surface area contributed by atoms with E-state index in [9.17, 15) is 14.4 Å². The van der Waals surface area contributed by atoms with Crippen molar-refractivity contribution in [1.29, 1.82) is 0 Å². The van der Waals surface area contributed by atoms with Crippen molar-refractivity contribution >= 4 is 17.9 Å². The lowest BCUT2D eigenvalue weighted by Crippen LogP contribution is -2.30. The molecule has 6 nitrogen and oxygen atoms in total. The first-order chi connectivity index (χ1) is 31.0. The van der Waals surface area contributed by atoms with Crippen molar-refractivity contribution in [3.63, 3.8) is 0 Å². The molecule has 0 radical (unpaired) electrons. The van der Waals surface area contributed by atoms with E-state index in [1.165, 1.54) is 231 Å². The third-order valence-electron chi connectivity index (χ3n) is 13.1. The van der Waals surface area contributed by atoms with Gasteiger partial charge in [-0.1, -0.05) is 290 Å². The maximum atomic E-state index is 12.8. The second-order valence-corrected chi connectivity index (χ2v) is 19.6. The lowest BCUT2D eigenvalue weighted by Gasteiger charge is -2.18. The highest BCUT2D eigenvalue weighted by Gasteiger charge is 2.19. The van der Waals surface area contributed by atoms with Gasteiger partial charge >= 0.3 is 17.9 Å². The minimum Gasteiger partial charge on any atom is -0.462 e. The van der Waals surface area contributed by atoms with Crippen LogP contribution in [-0.4, -0.2) is 37.2 Å². The summed E-state index contributed by atoms with van der Waals surface area (Å²) in [6.07, 6.45) is 58.1. The molecule has 0 aromatic heterocycles.